The number of benzene rings is 1. The van der Waals surface area contributed by atoms with Crippen LogP contribution in [-0.2, 0) is 18.4 Å². The Balaban J connectivity index is 1.63. The quantitative estimate of drug-likeness (QED) is 0.889. The molecule has 1 aliphatic carbocycles. The molecule has 4 nitrogen and oxygen atoms in total. The Morgan fingerprint density at radius 3 is 2.65 bits per heavy atom. The van der Waals surface area contributed by atoms with Crippen molar-refractivity contribution < 1.29 is 5.11 Å². The van der Waals surface area contributed by atoms with Gasteiger partial charge in [0.15, 0.2) is 0 Å². The Bertz CT molecular complexity index is 752. The van der Waals surface area contributed by atoms with Crippen LogP contribution in [-0.4, -0.2) is 41.2 Å². The van der Waals surface area contributed by atoms with Crippen LogP contribution in [0.3, 0.4) is 0 Å². The van der Waals surface area contributed by atoms with Gasteiger partial charge >= 0.3 is 0 Å². The average Bonchev–Trinajstić information content (AvgIpc) is 2.92. The zero-order valence-electron chi connectivity index (χ0n) is 15.8. The molecule has 4 heteroatoms. The molecule has 2 N–H and O–H groups in total. The topological polar surface area (TPSA) is 48.4 Å². The van der Waals surface area contributed by atoms with Crippen LogP contribution in [0.15, 0.2) is 42.6 Å². The largest absolute Gasteiger partial charge is 0.390 e. The normalized spacial score (nSPS) is 24.2. The van der Waals surface area contributed by atoms with Crippen molar-refractivity contribution in [1.82, 2.24) is 15.2 Å². The van der Waals surface area contributed by atoms with Crippen LogP contribution in [0.25, 0.3) is 0 Å². The number of pyridine rings is 1. The molecule has 0 saturated carbocycles. The molecule has 1 fully saturated rings. The Morgan fingerprint density at radius 2 is 1.96 bits per heavy atom. The van der Waals surface area contributed by atoms with Crippen LogP contribution in [0.1, 0.15) is 48.2 Å². The second kappa shape index (κ2) is 7.10. The number of piperidine rings is 1. The van der Waals surface area contributed by atoms with Gasteiger partial charge in [-0.25, -0.2) is 0 Å². The predicted molar refractivity (Wildman–Crippen MR) is 104 cm³/mol. The molecule has 2 aromatic rings. The Kier molecular flexibility index (Phi) is 4.82. The highest BCUT2D eigenvalue weighted by Gasteiger charge is 2.52. The van der Waals surface area contributed by atoms with Crippen LogP contribution in [0.2, 0.25) is 0 Å². The van der Waals surface area contributed by atoms with Gasteiger partial charge in [0.05, 0.1) is 17.8 Å². The van der Waals surface area contributed by atoms with E-state index in [0.717, 1.165) is 44.6 Å². The van der Waals surface area contributed by atoms with Gasteiger partial charge in [0.25, 0.3) is 0 Å². The van der Waals surface area contributed by atoms with Crippen LogP contribution < -0.4 is 5.32 Å². The fourth-order valence-corrected chi connectivity index (χ4v) is 4.87. The number of fused-ring (bicyclic) bond motifs is 2. The summed E-state index contributed by atoms with van der Waals surface area (Å²) in [6.07, 6.45) is 4.60. The molecular weight excluding hydrogens is 322 g/mol. The minimum absolute atomic E-state index is 0.0250. The number of aliphatic hydroxyl groups excluding tert-OH is 1. The lowest BCUT2D eigenvalue weighted by Gasteiger charge is -2.40. The summed E-state index contributed by atoms with van der Waals surface area (Å²) in [5.74, 6) is 0. The Labute approximate surface area is 156 Å². The molecule has 1 aliphatic heterocycles. The van der Waals surface area contributed by atoms with E-state index < -0.39 is 0 Å². The van der Waals surface area contributed by atoms with E-state index in [4.69, 9.17) is 0 Å². The molecule has 2 heterocycles. The fraction of sp³-hybridized carbons (Fsp3) is 0.500. The van der Waals surface area contributed by atoms with E-state index in [-0.39, 0.29) is 17.6 Å². The van der Waals surface area contributed by atoms with Crippen molar-refractivity contribution in [2.24, 2.45) is 0 Å². The Hall–Kier alpha value is -1.75. The summed E-state index contributed by atoms with van der Waals surface area (Å²) < 4.78 is 0. The fourth-order valence-electron chi connectivity index (χ4n) is 4.87. The number of aromatic nitrogens is 1. The molecule has 26 heavy (non-hydrogen) atoms. The van der Waals surface area contributed by atoms with Crippen molar-refractivity contribution in [2.75, 3.05) is 20.1 Å². The van der Waals surface area contributed by atoms with Crippen molar-refractivity contribution >= 4 is 0 Å². The van der Waals surface area contributed by atoms with Gasteiger partial charge in [-0.1, -0.05) is 37.3 Å². The SMILES string of the molecule is CCc1ccc(CN(C)[C@@H]2c3ccccc3C3(CCNCC3)[C@H]2O)nc1. The van der Waals surface area contributed by atoms with E-state index in [1.54, 1.807) is 0 Å². The maximum Gasteiger partial charge on any atom is 0.0834 e. The monoisotopic (exact) mass is 351 g/mol. The number of nitrogens with zero attached hydrogens (tertiary/aromatic N) is 2. The van der Waals surface area contributed by atoms with Gasteiger partial charge in [-0.15, -0.1) is 0 Å². The molecule has 138 valence electrons. The number of hydrogen-bond acceptors (Lipinski definition) is 4. The molecule has 1 saturated heterocycles. The third-order valence-electron chi connectivity index (χ3n) is 6.36. The highest BCUT2D eigenvalue weighted by atomic mass is 16.3. The molecule has 4 rings (SSSR count). The molecule has 1 aromatic heterocycles. The minimum atomic E-state index is -0.373. The number of aryl methyl sites for hydroxylation is 1. The number of aliphatic hydroxyl groups is 1. The standard InChI is InChI=1S/C22H29N3O/c1-3-16-8-9-17(24-14-16)15-25(2)20-18-6-4-5-7-19(18)22(21(20)26)10-12-23-13-11-22/h4-9,14,20-21,23,26H,3,10-13,15H2,1-2H3/t20-,21+/m1/s1. The first-order valence-electron chi connectivity index (χ1n) is 9.78. The molecular formula is C22H29N3O. The van der Waals surface area contributed by atoms with Gasteiger partial charge in [0, 0.05) is 18.2 Å². The highest BCUT2D eigenvalue weighted by molar-refractivity contribution is 5.45. The summed E-state index contributed by atoms with van der Waals surface area (Å²) in [5, 5.41) is 14.9. The molecule has 0 radical (unpaired) electrons. The van der Waals surface area contributed by atoms with Crippen LogP contribution in [0, 0.1) is 0 Å². The second-order valence-corrected chi connectivity index (χ2v) is 7.81. The van der Waals surface area contributed by atoms with Crippen LogP contribution in [0.4, 0.5) is 0 Å². The molecule has 1 spiro atoms. The van der Waals surface area contributed by atoms with Crippen molar-refractivity contribution in [3.63, 3.8) is 0 Å². The van der Waals surface area contributed by atoms with Crippen molar-refractivity contribution in [2.45, 2.75) is 50.3 Å². The third kappa shape index (κ3) is 2.86. The maximum atomic E-state index is 11.4. The van der Waals surface area contributed by atoms with Gasteiger partial charge in [-0.05, 0) is 62.2 Å². The molecule has 2 aliphatic rings. The summed E-state index contributed by atoms with van der Waals surface area (Å²) in [6.45, 7) is 4.84. The van der Waals surface area contributed by atoms with Gasteiger partial charge in [-0.2, -0.15) is 0 Å². The molecule has 0 amide bonds. The first-order chi connectivity index (χ1) is 12.7. The lowest BCUT2D eigenvalue weighted by molar-refractivity contribution is 0.00387. The van der Waals surface area contributed by atoms with Crippen LogP contribution >= 0.6 is 0 Å². The van der Waals surface area contributed by atoms with E-state index in [1.165, 1.54) is 16.7 Å². The number of rotatable bonds is 4. The third-order valence-corrected chi connectivity index (χ3v) is 6.36. The Morgan fingerprint density at radius 1 is 1.19 bits per heavy atom. The molecule has 1 aromatic carbocycles. The van der Waals surface area contributed by atoms with E-state index in [1.807, 2.05) is 6.20 Å². The van der Waals surface area contributed by atoms with Gasteiger partial charge in [0.2, 0.25) is 0 Å². The summed E-state index contributed by atoms with van der Waals surface area (Å²) in [5.41, 5.74) is 4.84. The van der Waals surface area contributed by atoms with Crippen LogP contribution in [0.5, 0.6) is 0 Å². The maximum absolute atomic E-state index is 11.4. The zero-order chi connectivity index (χ0) is 18.1. The van der Waals surface area contributed by atoms with Gasteiger partial charge in [-0.3, -0.25) is 9.88 Å². The summed E-state index contributed by atoms with van der Waals surface area (Å²) in [6, 6.07) is 12.9. The number of likely N-dealkylation sites (N-methyl/N-ethyl adjacent to an activating group) is 1. The lowest BCUT2D eigenvalue weighted by Crippen LogP contribution is -2.48. The molecule has 0 bridgehead atoms. The predicted octanol–water partition coefficient (Wildman–Crippen LogP) is 2.81. The second-order valence-electron chi connectivity index (χ2n) is 7.81. The molecule has 0 unspecified atom stereocenters. The van der Waals surface area contributed by atoms with E-state index in [9.17, 15) is 5.11 Å². The van der Waals surface area contributed by atoms with E-state index >= 15 is 0 Å². The highest BCUT2D eigenvalue weighted by Crippen LogP contribution is 2.51. The van der Waals surface area contributed by atoms with E-state index in [2.05, 4.69) is 65.6 Å². The van der Waals surface area contributed by atoms with Crippen molar-refractivity contribution in [3.8, 4) is 0 Å². The summed E-state index contributed by atoms with van der Waals surface area (Å²) in [7, 11) is 2.11. The average molecular weight is 351 g/mol. The summed E-state index contributed by atoms with van der Waals surface area (Å²) >= 11 is 0. The molecule has 2 atom stereocenters. The first-order valence-corrected chi connectivity index (χ1v) is 9.78. The van der Waals surface area contributed by atoms with Crippen molar-refractivity contribution in [1.29, 1.82) is 0 Å². The van der Waals surface area contributed by atoms with Crippen molar-refractivity contribution in [3.05, 3.63) is 65.0 Å². The smallest absolute Gasteiger partial charge is 0.0834 e. The first kappa shape index (κ1) is 17.7. The zero-order valence-corrected chi connectivity index (χ0v) is 15.8. The number of nitrogens with one attached hydrogen (secondary N) is 1. The van der Waals surface area contributed by atoms with Gasteiger partial charge < -0.3 is 10.4 Å². The van der Waals surface area contributed by atoms with E-state index in [0.29, 0.717) is 0 Å². The number of hydrogen-bond donors (Lipinski definition) is 2. The lowest BCUT2D eigenvalue weighted by atomic mass is 9.72. The van der Waals surface area contributed by atoms with Gasteiger partial charge in [0.1, 0.15) is 0 Å². The summed E-state index contributed by atoms with van der Waals surface area (Å²) in [4.78, 5) is 6.88. The minimum Gasteiger partial charge on any atom is -0.390 e.